The molecule has 3 nitrogen and oxygen atoms in total. The van der Waals surface area contributed by atoms with Crippen LogP contribution in [0.5, 0.6) is 5.75 Å². The van der Waals surface area contributed by atoms with Gasteiger partial charge in [0.2, 0.25) is 5.91 Å². The van der Waals surface area contributed by atoms with E-state index in [9.17, 15) is 18.0 Å². The lowest BCUT2D eigenvalue weighted by Crippen LogP contribution is -2.28. The van der Waals surface area contributed by atoms with Gasteiger partial charge in [-0.25, -0.2) is 0 Å². The van der Waals surface area contributed by atoms with Crippen molar-refractivity contribution in [1.29, 1.82) is 0 Å². The molecule has 1 aliphatic rings. The standard InChI is InChI=1S/C11H10F3NO2/c12-11(13,14)17-8-3-1-2-7(6-8)10(4-5-10)9(15)16/h1-3,6H,4-5H2,(H2,15,16). The Labute approximate surface area is 95.4 Å². The molecule has 1 aromatic rings. The van der Waals surface area contributed by atoms with E-state index in [1.165, 1.54) is 18.2 Å². The fourth-order valence-electron chi connectivity index (χ4n) is 1.79. The van der Waals surface area contributed by atoms with Crippen LogP contribution in [-0.2, 0) is 10.2 Å². The topological polar surface area (TPSA) is 52.3 Å². The predicted octanol–water partition coefficient (Wildman–Crippen LogP) is 2.10. The van der Waals surface area contributed by atoms with E-state index in [2.05, 4.69) is 4.74 Å². The van der Waals surface area contributed by atoms with Crippen LogP contribution in [-0.4, -0.2) is 12.3 Å². The fourth-order valence-corrected chi connectivity index (χ4v) is 1.79. The molecule has 0 heterocycles. The normalized spacial score (nSPS) is 17.6. The maximum atomic E-state index is 12.0. The van der Waals surface area contributed by atoms with Crippen LogP contribution in [0.1, 0.15) is 18.4 Å². The SMILES string of the molecule is NC(=O)C1(c2cccc(OC(F)(F)F)c2)CC1. The molecule has 0 aromatic heterocycles. The Bertz CT molecular complexity index is 452. The summed E-state index contributed by atoms with van der Waals surface area (Å²) in [5.41, 5.74) is 4.92. The number of halogens is 3. The number of primary amides is 1. The summed E-state index contributed by atoms with van der Waals surface area (Å²) in [7, 11) is 0. The van der Waals surface area contributed by atoms with Crippen LogP contribution >= 0.6 is 0 Å². The number of alkyl halides is 3. The minimum Gasteiger partial charge on any atom is -0.406 e. The molecule has 0 aliphatic heterocycles. The first-order chi connectivity index (χ1) is 7.83. The zero-order chi connectivity index (χ0) is 12.7. The number of ether oxygens (including phenoxy) is 1. The van der Waals surface area contributed by atoms with Crippen LogP contribution in [0.25, 0.3) is 0 Å². The Hall–Kier alpha value is -1.72. The molecule has 0 radical (unpaired) electrons. The largest absolute Gasteiger partial charge is 0.573 e. The molecule has 1 aromatic carbocycles. The van der Waals surface area contributed by atoms with Gasteiger partial charge in [-0.1, -0.05) is 12.1 Å². The van der Waals surface area contributed by atoms with Crippen LogP contribution < -0.4 is 10.5 Å². The Kier molecular flexibility index (Phi) is 2.52. The third-order valence-electron chi connectivity index (χ3n) is 2.84. The van der Waals surface area contributed by atoms with Gasteiger partial charge in [0, 0.05) is 0 Å². The van der Waals surface area contributed by atoms with E-state index in [-0.39, 0.29) is 5.75 Å². The van der Waals surface area contributed by atoms with Crippen molar-refractivity contribution in [3.05, 3.63) is 29.8 Å². The molecule has 2 N–H and O–H groups in total. The lowest BCUT2D eigenvalue weighted by Gasteiger charge is -2.14. The summed E-state index contributed by atoms with van der Waals surface area (Å²) in [4.78, 5) is 11.2. The summed E-state index contributed by atoms with van der Waals surface area (Å²) in [6, 6.07) is 5.40. The number of hydrogen-bond acceptors (Lipinski definition) is 2. The van der Waals surface area contributed by atoms with Crippen LogP contribution in [0.15, 0.2) is 24.3 Å². The minimum absolute atomic E-state index is 0.331. The molecular formula is C11H10F3NO2. The van der Waals surface area contributed by atoms with Crippen molar-refractivity contribution in [3.8, 4) is 5.75 Å². The number of carbonyl (C=O) groups excluding carboxylic acids is 1. The Morgan fingerprint density at radius 3 is 2.47 bits per heavy atom. The average molecular weight is 245 g/mol. The summed E-state index contributed by atoms with van der Waals surface area (Å²) < 4.78 is 39.9. The molecule has 1 fully saturated rings. The van der Waals surface area contributed by atoms with Gasteiger partial charge in [-0.05, 0) is 30.5 Å². The van der Waals surface area contributed by atoms with Crippen molar-refractivity contribution in [3.63, 3.8) is 0 Å². The van der Waals surface area contributed by atoms with Gasteiger partial charge in [0.15, 0.2) is 0 Å². The van der Waals surface area contributed by atoms with Crippen LogP contribution in [0.3, 0.4) is 0 Å². The molecule has 6 heteroatoms. The molecule has 0 unspecified atom stereocenters. The highest BCUT2D eigenvalue weighted by atomic mass is 19.4. The number of nitrogens with two attached hydrogens (primary N) is 1. The zero-order valence-electron chi connectivity index (χ0n) is 8.75. The van der Waals surface area contributed by atoms with Crippen molar-refractivity contribution in [1.82, 2.24) is 0 Å². The number of hydrogen-bond donors (Lipinski definition) is 1. The van der Waals surface area contributed by atoms with Crippen molar-refractivity contribution in [2.45, 2.75) is 24.6 Å². The lowest BCUT2D eigenvalue weighted by molar-refractivity contribution is -0.274. The number of rotatable bonds is 3. The monoisotopic (exact) mass is 245 g/mol. The molecule has 0 spiro atoms. The zero-order valence-corrected chi connectivity index (χ0v) is 8.75. The van der Waals surface area contributed by atoms with Gasteiger partial charge in [0.1, 0.15) is 5.75 Å². The minimum atomic E-state index is -4.73. The molecule has 0 saturated heterocycles. The predicted molar refractivity (Wildman–Crippen MR) is 53.2 cm³/mol. The highest BCUT2D eigenvalue weighted by Gasteiger charge is 2.50. The second-order valence-corrected chi connectivity index (χ2v) is 4.02. The quantitative estimate of drug-likeness (QED) is 0.886. The van der Waals surface area contributed by atoms with E-state index < -0.39 is 17.7 Å². The van der Waals surface area contributed by atoms with Gasteiger partial charge in [-0.15, -0.1) is 13.2 Å². The van der Waals surface area contributed by atoms with Crippen molar-refractivity contribution < 1.29 is 22.7 Å². The second-order valence-electron chi connectivity index (χ2n) is 4.02. The van der Waals surface area contributed by atoms with E-state index in [1.807, 2.05) is 0 Å². The van der Waals surface area contributed by atoms with Crippen molar-refractivity contribution in [2.75, 3.05) is 0 Å². The maximum Gasteiger partial charge on any atom is 0.573 e. The van der Waals surface area contributed by atoms with E-state index in [0.717, 1.165) is 0 Å². The Morgan fingerprint density at radius 2 is 2.00 bits per heavy atom. The van der Waals surface area contributed by atoms with Crippen molar-refractivity contribution >= 4 is 5.91 Å². The van der Waals surface area contributed by atoms with Gasteiger partial charge in [0.05, 0.1) is 5.41 Å². The van der Waals surface area contributed by atoms with Gasteiger partial charge in [-0.2, -0.15) is 0 Å². The molecule has 1 aliphatic carbocycles. The second kappa shape index (κ2) is 3.65. The summed E-state index contributed by atoms with van der Waals surface area (Å²) in [6.07, 6.45) is -3.60. The molecule has 0 bridgehead atoms. The van der Waals surface area contributed by atoms with Crippen LogP contribution in [0.2, 0.25) is 0 Å². The first kappa shape index (κ1) is 11.8. The van der Waals surface area contributed by atoms with E-state index >= 15 is 0 Å². The van der Waals surface area contributed by atoms with Gasteiger partial charge in [0.25, 0.3) is 0 Å². The summed E-state index contributed by atoms with van der Waals surface area (Å²) in [5.74, 6) is -0.843. The molecule has 2 rings (SSSR count). The van der Waals surface area contributed by atoms with Crippen LogP contribution in [0, 0.1) is 0 Å². The maximum absolute atomic E-state index is 12.0. The molecular weight excluding hydrogens is 235 g/mol. The lowest BCUT2D eigenvalue weighted by atomic mass is 9.95. The first-order valence-corrected chi connectivity index (χ1v) is 5.00. The van der Waals surface area contributed by atoms with Gasteiger partial charge >= 0.3 is 6.36 Å². The third-order valence-corrected chi connectivity index (χ3v) is 2.84. The molecule has 1 amide bonds. The van der Waals surface area contributed by atoms with Gasteiger partial charge < -0.3 is 10.5 Å². The average Bonchev–Trinajstić information content (AvgIpc) is 2.95. The van der Waals surface area contributed by atoms with E-state index in [0.29, 0.717) is 18.4 Å². The number of benzene rings is 1. The summed E-state index contributed by atoms with van der Waals surface area (Å²) in [6.45, 7) is 0. The fraction of sp³-hybridized carbons (Fsp3) is 0.364. The summed E-state index contributed by atoms with van der Waals surface area (Å²) in [5, 5.41) is 0. The summed E-state index contributed by atoms with van der Waals surface area (Å²) >= 11 is 0. The highest BCUT2D eigenvalue weighted by molar-refractivity contribution is 5.89. The van der Waals surface area contributed by atoms with Crippen LogP contribution in [0.4, 0.5) is 13.2 Å². The van der Waals surface area contributed by atoms with Gasteiger partial charge in [-0.3, -0.25) is 4.79 Å². The Morgan fingerprint density at radius 1 is 1.35 bits per heavy atom. The Balaban J connectivity index is 2.27. The molecule has 92 valence electrons. The molecule has 17 heavy (non-hydrogen) atoms. The number of amides is 1. The van der Waals surface area contributed by atoms with E-state index in [1.54, 1.807) is 6.07 Å². The molecule has 1 saturated carbocycles. The highest BCUT2D eigenvalue weighted by Crippen LogP contribution is 2.48. The van der Waals surface area contributed by atoms with E-state index in [4.69, 9.17) is 5.73 Å². The number of carbonyl (C=O) groups is 1. The molecule has 0 atom stereocenters. The third kappa shape index (κ3) is 2.35. The first-order valence-electron chi connectivity index (χ1n) is 5.00. The smallest absolute Gasteiger partial charge is 0.406 e. The van der Waals surface area contributed by atoms with Crippen molar-refractivity contribution in [2.24, 2.45) is 5.73 Å².